The molecule has 2 aromatic heterocycles. The number of furan rings is 1. The van der Waals surface area contributed by atoms with Crippen LogP contribution in [0.4, 0.5) is 5.69 Å². The Labute approximate surface area is 138 Å². The zero-order valence-corrected chi connectivity index (χ0v) is 12.8. The second kappa shape index (κ2) is 6.11. The Morgan fingerprint density at radius 1 is 1.25 bits per heavy atom. The average Bonchev–Trinajstić information content (AvgIpc) is 3.11. The summed E-state index contributed by atoms with van der Waals surface area (Å²) >= 11 is 0. The van der Waals surface area contributed by atoms with Gasteiger partial charge in [-0.1, -0.05) is 0 Å². The molecule has 1 saturated carbocycles. The molecule has 0 bridgehead atoms. The maximum atomic E-state index is 11.9. The first-order chi connectivity index (χ1) is 11.8. The van der Waals surface area contributed by atoms with Gasteiger partial charge in [-0.15, -0.1) is 5.10 Å². The molecule has 1 aromatic carbocycles. The topological polar surface area (TPSA) is 85.8 Å². The average molecular weight is 321 g/mol. The smallest absolute Gasteiger partial charge is 0.248 e. The summed E-state index contributed by atoms with van der Waals surface area (Å²) in [6.45, 7) is 0. The van der Waals surface area contributed by atoms with Crippen LogP contribution >= 0.6 is 0 Å². The molecule has 0 spiro atoms. The number of aromatic nitrogens is 4. The molecule has 2 heterocycles. The van der Waals surface area contributed by atoms with Crippen molar-refractivity contribution in [2.24, 2.45) is 0 Å². The van der Waals surface area contributed by atoms with Gasteiger partial charge < -0.3 is 9.73 Å². The van der Waals surface area contributed by atoms with Gasteiger partial charge in [-0.25, -0.2) is 4.68 Å². The third-order valence-corrected chi connectivity index (χ3v) is 3.74. The Kier molecular flexibility index (Phi) is 3.66. The maximum absolute atomic E-state index is 11.9. The number of benzene rings is 1. The van der Waals surface area contributed by atoms with E-state index in [9.17, 15) is 4.79 Å². The number of nitrogens with one attached hydrogen (secondary N) is 1. The van der Waals surface area contributed by atoms with E-state index in [4.69, 9.17) is 4.42 Å². The van der Waals surface area contributed by atoms with E-state index >= 15 is 0 Å². The molecule has 120 valence electrons. The van der Waals surface area contributed by atoms with Gasteiger partial charge in [-0.05, 0) is 65.7 Å². The van der Waals surface area contributed by atoms with Crippen molar-refractivity contribution in [1.29, 1.82) is 0 Å². The molecule has 1 amide bonds. The fourth-order valence-corrected chi connectivity index (χ4v) is 2.38. The Balaban J connectivity index is 1.44. The largest absolute Gasteiger partial charge is 0.465 e. The summed E-state index contributed by atoms with van der Waals surface area (Å²) in [6.07, 6.45) is 6.85. The van der Waals surface area contributed by atoms with Gasteiger partial charge >= 0.3 is 0 Å². The molecular formula is C17H15N5O2. The lowest BCUT2D eigenvalue weighted by Crippen LogP contribution is -2.07. The Morgan fingerprint density at radius 3 is 2.79 bits per heavy atom. The van der Waals surface area contributed by atoms with Crippen molar-refractivity contribution in [3.05, 3.63) is 54.5 Å². The van der Waals surface area contributed by atoms with Crippen LogP contribution in [0.1, 0.15) is 24.6 Å². The Bertz CT molecular complexity index is 861. The normalized spacial score (nSPS) is 14.2. The number of amides is 1. The van der Waals surface area contributed by atoms with E-state index in [2.05, 4.69) is 20.8 Å². The number of hydrogen-bond acceptors (Lipinski definition) is 5. The minimum absolute atomic E-state index is 0.220. The van der Waals surface area contributed by atoms with Gasteiger partial charge in [0.15, 0.2) is 5.82 Å². The van der Waals surface area contributed by atoms with Crippen LogP contribution in [-0.2, 0) is 4.79 Å². The van der Waals surface area contributed by atoms with E-state index in [-0.39, 0.29) is 5.91 Å². The predicted molar refractivity (Wildman–Crippen MR) is 87.9 cm³/mol. The number of nitrogens with zero attached hydrogens (tertiary/aromatic N) is 4. The lowest BCUT2D eigenvalue weighted by atomic mass is 10.2. The van der Waals surface area contributed by atoms with E-state index in [0.717, 1.165) is 24.2 Å². The second-order valence-corrected chi connectivity index (χ2v) is 5.59. The molecule has 7 nitrogen and oxygen atoms in total. The van der Waals surface area contributed by atoms with Gasteiger partial charge in [-0.2, -0.15) is 0 Å². The molecule has 1 N–H and O–H groups in total. The number of tetrazole rings is 1. The summed E-state index contributed by atoms with van der Waals surface area (Å²) in [5.74, 6) is 1.17. The molecule has 0 saturated heterocycles. The number of anilines is 1. The molecule has 3 aromatic rings. The molecule has 0 aliphatic heterocycles. The van der Waals surface area contributed by atoms with Crippen molar-refractivity contribution in [2.75, 3.05) is 5.32 Å². The van der Waals surface area contributed by atoms with Crippen molar-refractivity contribution >= 4 is 17.7 Å². The zero-order chi connectivity index (χ0) is 16.4. The van der Waals surface area contributed by atoms with E-state index in [0.29, 0.717) is 17.5 Å². The van der Waals surface area contributed by atoms with Gasteiger partial charge in [0.1, 0.15) is 5.76 Å². The predicted octanol–water partition coefficient (Wildman–Crippen LogP) is 2.92. The number of carbonyl (C=O) groups excluding carboxylic acids is 1. The van der Waals surface area contributed by atoms with Crippen LogP contribution in [0.3, 0.4) is 0 Å². The summed E-state index contributed by atoms with van der Waals surface area (Å²) in [7, 11) is 0. The highest BCUT2D eigenvalue weighted by molar-refractivity contribution is 6.01. The van der Waals surface area contributed by atoms with Crippen LogP contribution in [0.25, 0.3) is 17.5 Å². The molecule has 0 radical (unpaired) electrons. The third-order valence-electron chi connectivity index (χ3n) is 3.74. The molecular weight excluding hydrogens is 306 g/mol. The van der Waals surface area contributed by atoms with Crippen molar-refractivity contribution in [3.63, 3.8) is 0 Å². The van der Waals surface area contributed by atoms with Crippen LogP contribution in [0.5, 0.6) is 0 Å². The zero-order valence-electron chi connectivity index (χ0n) is 12.8. The number of carbonyl (C=O) groups is 1. The highest BCUT2D eigenvalue weighted by atomic mass is 16.3. The monoisotopic (exact) mass is 321 g/mol. The van der Waals surface area contributed by atoms with Crippen LogP contribution in [0.15, 0.2) is 53.2 Å². The molecule has 7 heteroatoms. The van der Waals surface area contributed by atoms with Crippen LogP contribution < -0.4 is 5.32 Å². The van der Waals surface area contributed by atoms with Crippen molar-refractivity contribution < 1.29 is 9.21 Å². The Morgan fingerprint density at radius 2 is 2.08 bits per heavy atom. The van der Waals surface area contributed by atoms with Gasteiger partial charge in [0, 0.05) is 17.3 Å². The van der Waals surface area contributed by atoms with Crippen molar-refractivity contribution in [3.8, 4) is 11.4 Å². The minimum atomic E-state index is -0.220. The van der Waals surface area contributed by atoms with Crippen molar-refractivity contribution in [1.82, 2.24) is 20.2 Å². The Hall–Kier alpha value is -3.22. The quantitative estimate of drug-likeness (QED) is 0.730. The fraction of sp³-hybridized carbons (Fsp3) is 0.176. The fourth-order valence-electron chi connectivity index (χ4n) is 2.38. The highest BCUT2D eigenvalue weighted by Crippen LogP contribution is 2.36. The van der Waals surface area contributed by atoms with Gasteiger partial charge in [-0.3, -0.25) is 4.79 Å². The van der Waals surface area contributed by atoms with Gasteiger partial charge in [0.25, 0.3) is 0 Å². The SMILES string of the molecule is O=C(/C=C/c1ccco1)Nc1ccc(-c2nnnn2C2CC2)cc1. The van der Waals surface area contributed by atoms with Gasteiger partial charge in [0.05, 0.1) is 12.3 Å². The van der Waals surface area contributed by atoms with E-state index in [1.165, 1.54) is 6.08 Å². The molecule has 24 heavy (non-hydrogen) atoms. The molecule has 1 fully saturated rings. The molecule has 4 rings (SSSR count). The molecule has 0 unspecified atom stereocenters. The van der Waals surface area contributed by atoms with Gasteiger partial charge in [0.2, 0.25) is 5.91 Å². The molecule has 1 aliphatic carbocycles. The standard InChI is InChI=1S/C17H15N5O2/c23-16(10-9-15-2-1-11-24-15)18-13-5-3-12(4-6-13)17-19-20-21-22(17)14-7-8-14/h1-6,9-11,14H,7-8H2,(H,18,23)/b10-9+. The number of rotatable bonds is 5. The lowest BCUT2D eigenvalue weighted by Gasteiger charge is -2.05. The van der Waals surface area contributed by atoms with E-state index < -0.39 is 0 Å². The first-order valence-electron chi connectivity index (χ1n) is 7.70. The summed E-state index contributed by atoms with van der Waals surface area (Å²) in [4.78, 5) is 11.9. The maximum Gasteiger partial charge on any atom is 0.248 e. The molecule has 0 atom stereocenters. The lowest BCUT2D eigenvalue weighted by molar-refractivity contribution is -0.111. The summed E-state index contributed by atoms with van der Waals surface area (Å²) in [5, 5.41) is 14.7. The van der Waals surface area contributed by atoms with E-state index in [1.807, 2.05) is 28.9 Å². The van der Waals surface area contributed by atoms with Crippen LogP contribution in [0, 0.1) is 0 Å². The second-order valence-electron chi connectivity index (χ2n) is 5.59. The van der Waals surface area contributed by atoms with E-state index in [1.54, 1.807) is 24.5 Å². The summed E-state index contributed by atoms with van der Waals surface area (Å²) in [6, 6.07) is 11.4. The number of hydrogen-bond donors (Lipinski definition) is 1. The van der Waals surface area contributed by atoms with Crippen molar-refractivity contribution in [2.45, 2.75) is 18.9 Å². The highest BCUT2D eigenvalue weighted by Gasteiger charge is 2.28. The third kappa shape index (κ3) is 3.10. The van der Waals surface area contributed by atoms with Crippen LogP contribution in [-0.4, -0.2) is 26.1 Å². The minimum Gasteiger partial charge on any atom is -0.465 e. The van der Waals surface area contributed by atoms with Crippen LogP contribution in [0.2, 0.25) is 0 Å². The summed E-state index contributed by atoms with van der Waals surface area (Å²) in [5.41, 5.74) is 1.63. The first kappa shape index (κ1) is 14.4. The molecule has 1 aliphatic rings. The summed E-state index contributed by atoms with van der Waals surface area (Å²) < 4.78 is 7.00. The first-order valence-corrected chi connectivity index (χ1v) is 7.70.